The summed E-state index contributed by atoms with van der Waals surface area (Å²) in [7, 11) is 0. The van der Waals surface area contributed by atoms with Gasteiger partial charge in [-0.1, -0.05) is 19.9 Å². The lowest BCUT2D eigenvalue weighted by molar-refractivity contribution is -0.137. The molecule has 0 aromatic carbocycles. The van der Waals surface area contributed by atoms with Crippen molar-refractivity contribution in [1.82, 2.24) is 15.2 Å². The molecule has 1 aromatic rings. The van der Waals surface area contributed by atoms with E-state index in [1.54, 1.807) is 19.1 Å². The first kappa shape index (κ1) is 27.6. The van der Waals surface area contributed by atoms with Crippen molar-refractivity contribution < 1.29 is 23.9 Å². The van der Waals surface area contributed by atoms with E-state index in [4.69, 9.17) is 4.74 Å². The van der Waals surface area contributed by atoms with Crippen molar-refractivity contribution in [1.29, 1.82) is 0 Å². The van der Waals surface area contributed by atoms with Crippen molar-refractivity contribution in [3.8, 4) is 0 Å². The maximum atomic E-state index is 12.7. The van der Waals surface area contributed by atoms with Gasteiger partial charge >= 0.3 is 5.97 Å². The van der Waals surface area contributed by atoms with Gasteiger partial charge in [-0.25, -0.2) is 4.79 Å². The Kier molecular flexibility index (Phi) is 12.2. The topological polar surface area (TPSA) is 136 Å². The second-order valence-electron chi connectivity index (χ2n) is 7.86. The van der Waals surface area contributed by atoms with Crippen molar-refractivity contribution in [2.24, 2.45) is 5.92 Å². The number of pyridine rings is 1. The lowest BCUT2D eigenvalue weighted by Crippen LogP contribution is -2.43. The van der Waals surface area contributed by atoms with Crippen LogP contribution in [-0.4, -0.2) is 47.5 Å². The molecule has 0 bridgehead atoms. The second kappa shape index (κ2) is 14.6. The minimum Gasteiger partial charge on any atom is -0.463 e. The summed E-state index contributed by atoms with van der Waals surface area (Å²) in [6.07, 6.45) is 5.64. The highest BCUT2D eigenvalue weighted by Gasteiger charge is 2.20. The minimum atomic E-state index is -0.915. The Labute approximate surface area is 193 Å². The molecule has 10 nitrogen and oxygen atoms in total. The van der Waals surface area contributed by atoms with E-state index in [-0.39, 0.29) is 31.2 Å². The van der Waals surface area contributed by atoms with Crippen LogP contribution in [0, 0.1) is 5.92 Å². The van der Waals surface area contributed by atoms with Crippen LogP contribution in [0.15, 0.2) is 35.3 Å². The van der Waals surface area contributed by atoms with Gasteiger partial charge in [0.2, 0.25) is 17.7 Å². The Morgan fingerprint density at radius 2 is 1.91 bits per heavy atom. The largest absolute Gasteiger partial charge is 0.463 e. The number of hydrogen-bond acceptors (Lipinski definition) is 6. The van der Waals surface area contributed by atoms with Crippen LogP contribution in [0.1, 0.15) is 47.0 Å². The van der Waals surface area contributed by atoms with Gasteiger partial charge in [0, 0.05) is 25.7 Å². The number of allylic oxidation sites excluding steroid dienone is 1. The number of anilines is 1. The Balaban J connectivity index is 2.79. The fraction of sp³-hybridized carbons (Fsp3) is 0.522. The summed E-state index contributed by atoms with van der Waals surface area (Å²) in [6, 6.07) is 2.06. The number of aromatic nitrogens is 1. The molecular formula is C23H34N4O6. The van der Waals surface area contributed by atoms with E-state index >= 15 is 0 Å². The van der Waals surface area contributed by atoms with E-state index in [1.807, 2.05) is 13.8 Å². The average Bonchev–Trinajstić information content (AvgIpc) is 2.72. The van der Waals surface area contributed by atoms with Crippen LogP contribution < -0.4 is 21.5 Å². The highest BCUT2D eigenvalue weighted by Crippen LogP contribution is 2.05. The first-order valence-electron chi connectivity index (χ1n) is 11.0. The summed E-state index contributed by atoms with van der Waals surface area (Å²) in [5, 5.41) is 7.82. The molecule has 1 rings (SSSR count). The second-order valence-corrected chi connectivity index (χ2v) is 7.86. The number of nitrogens with one attached hydrogen (secondary N) is 3. The molecule has 3 N–H and O–H groups in total. The normalized spacial score (nSPS) is 11.8. The first-order valence-corrected chi connectivity index (χ1v) is 11.0. The van der Waals surface area contributed by atoms with Gasteiger partial charge < -0.3 is 25.3 Å². The molecule has 0 radical (unpaired) electrons. The van der Waals surface area contributed by atoms with E-state index in [0.29, 0.717) is 18.9 Å². The van der Waals surface area contributed by atoms with E-state index in [0.717, 1.165) is 6.42 Å². The van der Waals surface area contributed by atoms with Crippen LogP contribution in [0.5, 0.6) is 0 Å². The SMILES string of the molecule is CCOC(=O)/C=C/CCC(NC(C)=O)C(=O)Nc1cccn(CC(=O)NCCC(C)C)c1=O. The van der Waals surface area contributed by atoms with Gasteiger partial charge in [-0.2, -0.15) is 0 Å². The molecular weight excluding hydrogens is 428 g/mol. The van der Waals surface area contributed by atoms with Crippen molar-refractivity contribution in [3.63, 3.8) is 0 Å². The highest BCUT2D eigenvalue weighted by molar-refractivity contribution is 5.96. The number of nitrogens with zero attached hydrogens (tertiary/aromatic N) is 1. The molecule has 3 amide bonds. The molecule has 1 atom stereocenters. The molecule has 0 fully saturated rings. The van der Waals surface area contributed by atoms with Crippen LogP contribution in [-0.2, 0) is 30.5 Å². The lowest BCUT2D eigenvalue weighted by atomic mass is 10.1. The summed E-state index contributed by atoms with van der Waals surface area (Å²) >= 11 is 0. The van der Waals surface area contributed by atoms with Crippen LogP contribution in [0.2, 0.25) is 0 Å². The highest BCUT2D eigenvalue weighted by atomic mass is 16.5. The molecule has 1 heterocycles. The maximum absolute atomic E-state index is 12.7. The van der Waals surface area contributed by atoms with Gasteiger partial charge in [-0.3, -0.25) is 19.2 Å². The molecule has 0 spiro atoms. The predicted octanol–water partition coefficient (Wildman–Crippen LogP) is 1.35. The molecule has 10 heteroatoms. The van der Waals surface area contributed by atoms with Gasteiger partial charge in [0.1, 0.15) is 18.3 Å². The lowest BCUT2D eigenvalue weighted by Gasteiger charge is -2.17. The third kappa shape index (κ3) is 11.1. The number of carbonyl (C=O) groups is 4. The summed E-state index contributed by atoms with van der Waals surface area (Å²) in [5.74, 6) is -1.33. The quantitative estimate of drug-likeness (QED) is 0.299. The summed E-state index contributed by atoms with van der Waals surface area (Å²) in [6.45, 7) is 7.68. The molecule has 0 saturated heterocycles. The van der Waals surface area contributed by atoms with Gasteiger partial charge in [0.15, 0.2) is 0 Å². The standard InChI is InChI=1S/C23H34N4O6/c1-5-33-21(30)11-7-6-9-18(25-17(4)28)22(31)26-19-10-8-14-27(23(19)32)15-20(29)24-13-12-16(2)3/h7-8,10-11,14,16,18H,5-6,9,12-13,15H2,1-4H3,(H,24,29)(H,25,28)(H,26,31)/b11-7+. The fourth-order valence-corrected chi connectivity index (χ4v) is 2.83. The molecule has 33 heavy (non-hydrogen) atoms. The summed E-state index contributed by atoms with van der Waals surface area (Å²) < 4.78 is 5.99. The molecule has 182 valence electrons. The number of esters is 1. The van der Waals surface area contributed by atoms with Crippen molar-refractivity contribution in [3.05, 3.63) is 40.8 Å². The molecule has 0 aliphatic rings. The van der Waals surface area contributed by atoms with Crippen LogP contribution in [0.3, 0.4) is 0 Å². The zero-order valence-electron chi connectivity index (χ0n) is 19.7. The number of hydrogen-bond donors (Lipinski definition) is 3. The summed E-state index contributed by atoms with van der Waals surface area (Å²) in [4.78, 5) is 60.3. The third-order valence-corrected chi connectivity index (χ3v) is 4.49. The van der Waals surface area contributed by atoms with Gasteiger partial charge in [-0.15, -0.1) is 0 Å². The molecule has 0 aliphatic carbocycles. The smallest absolute Gasteiger partial charge is 0.330 e. The fourth-order valence-electron chi connectivity index (χ4n) is 2.83. The minimum absolute atomic E-state index is 0.00472. The Hall–Kier alpha value is -3.43. The van der Waals surface area contributed by atoms with Gasteiger partial charge in [0.25, 0.3) is 5.56 Å². The maximum Gasteiger partial charge on any atom is 0.330 e. The Morgan fingerprint density at radius 1 is 1.18 bits per heavy atom. The number of carbonyl (C=O) groups excluding carboxylic acids is 4. The van der Waals surface area contributed by atoms with E-state index in [9.17, 15) is 24.0 Å². The molecule has 0 aliphatic heterocycles. The Bertz CT molecular complexity index is 906. The third-order valence-electron chi connectivity index (χ3n) is 4.49. The predicted molar refractivity (Wildman–Crippen MR) is 124 cm³/mol. The van der Waals surface area contributed by atoms with E-state index < -0.39 is 29.4 Å². The van der Waals surface area contributed by atoms with Crippen molar-refractivity contribution in [2.75, 3.05) is 18.5 Å². The number of rotatable bonds is 13. The molecule has 0 saturated carbocycles. The van der Waals surface area contributed by atoms with Gasteiger partial charge in [-0.05, 0) is 44.2 Å². The zero-order valence-corrected chi connectivity index (χ0v) is 19.7. The molecule has 1 aromatic heterocycles. The monoisotopic (exact) mass is 462 g/mol. The number of ether oxygens (including phenoxy) is 1. The number of amides is 3. The van der Waals surface area contributed by atoms with Crippen molar-refractivity contribution >= 4 is 29.4 Å². The first-order chi connectivity index (χ1) is 15.6. The Morgan fingerprint density at radius 3 is 2.55 bits per heavy atom. The van der Waals surface area contributed by atoms with Crippen LogP contribution in [0.4, 0.5) is 5.69 Å². The summed E-state index contributed by atoms with van der Waals surface area (Å²) in [5.41, 5.74) is -0.538. The van der Waals surface area contributed by atoms with E-state index in [1.165, 1.54) is 29.8 Å². The molecule has 1 unspecified atom stereocenters. The van der Waals surface area contributed by atoms with Crippen LogP contribution in [0.25, 0.3) is 0 Å². The average molecular weight is 463 g/mol. The van der Waals surface area contributed by atoms with Gasteiger partial charge in [0.05, 0.1) is 6.61 Å². The van der Waals surface area contributed by atoms with Crippen molar-refractivity contribution in [2.45, 2.75) is 59.5 Å². The van der Waals surface area contributed by atoms with Crippen LogP contribution >= 0.6 is 0 Å². The zero-order chi connectivity index (χ0) is 24.8. The van der Waals surface area contributed by atoms with E-state index in [2.05, 4.69) is 16.0 Å².